The number of hydrogen-bond acceptors (Lipinski definition) is 4. The normalized spacial score (nSPS) is 10.7. The first-order valence-corrected chi connectivity index (χ1v) is 11.2. The molecule has 0 fully saturated rings. The van der Waals surface area contributed by atoms with Gasteiger partial charge in [-0.3, -0.25) is 9.13 Å². The number of para-hydroxylation sites is 2. The molecule has 1 aromatic heterocycles. The lowest BCUT2D eigenvalue weighted by Gasteiger charge is -2.09. The van der Waals surface area contributed by atoms with Gasteiger partial charge in [0.1, 0.15) is 23.0 Å². The van der Waals surface area contributed by atoms with Crippen molar-refractivity contribution in [2.75, 3.05) is 0 Å². The van der Waals surface area contributed by atoms with Crippen LogP contribution in [0.1, 0.15) is 5.69 Å². The number of aromatic hydroxyl groups is 1. The highest BCUT2D eigenvalue weighted by molar-refractivity contribution is 7.71. The Morgan fingerprint density at radius 1 is 0.559 bits per heavy atom. The summed E-state index contributed by atoms with van der Waals surface area (Å²) in [6, 6.07) is 34.2. The summed E-state index contributed by atoms with van der Waals surface area (Å²) < 4.78 is 15.7. The molecule has 34 heavy (non-hydrogen) atoms. The van der Waals surface area contributed by atoms with Crippen molar-refractivity contribution in [3.8, 4) is 40.3 Å². The molecule has 0 aliphatic carbocycles. The molecule has 1 N–H and O–H groups in total. The van der Waals surface area contributed by atoms with E-state index in [0.29, 0.717) is 16.2 Å². The third-order valence-corrected chi connectivity index (χ3v) is 5.77. The summed E-state index contributed by atoms with van der Waals surface area (Å²) in [5.41, 5.74) is 2.22. The third-order valence-electron chi connectivity index (χ3n) is 5.40. The number of benzene rings is 4. The molecular weight excluding hydrogens is 444 g/mol. The first kappa shape index (κ1) is 21.6. The second kappa shape index (κ2) is 9.29. The molecule has 0 aliphatic rings. The van der Waals surface area contributed by atoms with Gasteiger partial charge >= 0.3 is 0 Å². The van der Waals surface area contributed by atoms with Gasteiger partial charge in [-0.15, -0.1) is 0 Å². The van der Waals surface area contributed by atoms with E-state index in [-0.39, 0.29) is 5.88 Å². The zero-order chi connectivity index (χ0) is 23.5. The fraction of sp³-hybridized carbons (Fsp3) is 0.0357. The predicted octanol–water partition coefficient (Wildman–Crippen LogP) is 7.60. The van der Waals surface area contributed by atoms with Gasteiger partial charge < -0.3 is 14.6 Å². The maximum Gasteiger partial charge on any atom is 0.218 e. The van der Waals surface area contributed by atoms with Gasteiger partial charge in [-0.2, -0.15) is 0 Å². The van der Waals surface area contributed by atoms with Crippen molar-refractivity contribution >= 4 is 12.2 Å². The van der Waals surface area contributed by atoms with Crippen LogP contribution in [0.25, 0.3) is 11.4 Å². The summed E-state index contributed by atoms with van der Waals surface area (Å²) in [5, 5.41) is 10.9. The maximum atomic E-state index is 10.9. The van der Waals surface area contributed by atoms with Gasteiger partial charge in [-0.25, -0.2) is 0 Å². The highest BCUT2D eigenvalue weighted by Crippen LogP contribution is 2.30. The Bertz CT molecular complexity index is 1350. The minimum Gasteiger partial charge on any atom is -0.493 e. The quantitative estimate of drug-likeness (QED) is 0.262. The minimum absolute atomic E-state index is 0.0892. The Morgan fingerprint density at radius 2 is 0.941 bits per heavy atom. The highest BCUT2D eigenvalue weighted by atomic mass is 32.1. The monoisotopic (exact) mass is 466 g/mol. The Hall–Kier alpha value is -4.29. The van der Waals surface area contributed by atoms with Crippen LogP contribution in [0.2, 0.25) is 0 Å². The summed E-state index contributed by atoms with van der Waals surface area (Å²) in [5.74, 6) is 3.04. The van der Waals surface area contributed by atoms with Crippen LogP contribution in [-0.2, 0) is 0 Å². The fourth-order valence-electron chi connectivity index (χ4n) is 3.71. The van der Waals surface area contributed by atoms with Gasteiger partial charge in [0.2, 0.25) is 5.88 Å². The van der Waals surface area contributed by atoms with E-state index in [9.17, 15) is 5.11 Å². The van der Waals surface area contributed by atoms with E-state index in [1.54, 1.807) is 4.57 Å². The molecular formula is C28H22N2O3S. The molecule has 5 aromatic rings. The molecule has 0 saturated carbocycles. The van der Waals surface area contributed by atoms with Gasteiger partial charge in [0.05, 0.1) is 11.4 Å². The van der Waals surface area contributed by atoms with Crippen molar-refractivity contribution in [1.29, 1.82) is 0 Å². The molecule has 4 aromatic carbocycles. The Kier molecular flexibility index (Phi) is 5.89. The third kappa shape index (κ3) is 4.31. The van der Waals surface area contributed by atoms with E-state index in [2.05, 4.69) is 0 Å². The largest absolute Gasteiger partial charge is 0.493 e. The molecule has 0 spiro atoms. The lowest BCUT2D eigenvalue weighted by atomic mass is 10.3. The molecule has 0 amide bonds. The van der Waals surface area contributed by atoms with Gasteiger partial charge in [-0.1, -0.05) is 36.4 Å². The van der Waals surface area contributed by atoms with E-state index in [1.807, 2.05) is 121 Å². The van der Waals surface area contributed by atoms with Crippen LogP contribution in [-0.4, -0.2) is 14.2 Å². The number of aromatic nitrogens is 2. The molecule has 0 aliphatic heterocycles. The number of ether oxygens (including phenoxy) is 2. The molecule has 5 rings (SSSR count). The topological polar surface area (TPSA) is 48.5 Å². The van der Waals surface area contributed by atoms with Crippen molar-refractivity contribution < 1.29 is 14.6 Å². The van der Waals surface area contributed by atoms with Crippen molar-refractivity contribution in [3.05, 3.63) is 120 Å². The van der Waals surface area contributed by atoms with Crippen LogP contribution in [0, 0.1) is 11.7 Å². The fourth-order valence-corrected chi connectivity index (χ4v) is 4.14. The Morgan fingerprint density at radius 3 is 1.38 bits per heavy atom. The highest BCUT2D eigenvalue weighted by Gasteiger charge is 2.16. The average Bonchev–Trinajstić information content (AvgIpc) is 3.09. The van der Waals surface area contributed by atoms with E-state index >= 15 is 0 Å². The van der Waals surface area contributed by atoms with Crippen LogP contribution < -0.4 is 9.47 Å². The van der Waals surface area contributed by atoms with Crippen molar-refractivity contribution in [1.82, 2.24) is 9.13 Å². The lowest BCUT2D eigenvalue weighted by molar-refractivity contribution is 0.437. The summed E-state index contributed by atoms with van der Waals surface area (Å²) >= 11 is 5.74. The maximum absolute atomic E-state index is 10.9. The van der Waals surface area contributed by atoms with E-state index in [0.717, 1.165) is 28.6 Å². The van der Waals surface area contributed by atoms with Crippen LogP contribution in [0.5, 0.6) is 28.9 Å². The number of nitrogens with zero attached hydrogens (tertiary/aromatic N) is 2. The summed E-state index contributed by atoms with van der Waals surface area (Å²) in [6.07, 6.45) is 0. The van der Waals surface area contributed by atoms with Crippen LogP contribution in [0.15, 0.2) is 109 Å². The average molecular weight is 467 g/mol. The molecule has 0 atom stereocenters. The lowest BCUT2D eigenvalue weighted by Crippen LogP contribution is -1.99. The smallest absolute Gasteiger partial charge is 0.218 e. The summed E-state index contributed by atoms with van der Waals surface area (Å²) in [6.45, 7) is 1.84. The molecule has 5 nitrogen and oxygen atoms in total. The van der Waals surface area contributed by atoms with Crippen molar-refractivity contribution in [2.24, 2.45) is 0 Å². The van der Waals surface area contributed by atoms with Gasteiger partial charge in [0.15, 0.2) is 4.77 Å². The van der Waals surface area contributed by atoms with Crippen LogP contribution >= 0.6 is 12.2 Å². The summed E-state index contributed by atoms with van der Waals surface area (Å²) in [4.78, 5) is 0. The predicted molar refractivity (Wildman–Crippen MR) is 135 cm³/mol. The first-order chi connectivity index (χ1) is 16.6. The number of hydrogen-bond donors (Lipinski definition) is 1. The van der Waals surface area contributed by atoms with Crippen LogP contribution in [0.4, 0.5) is 0 Å². The van der Waals surface area contributed by atoms with Gasteiger partial charge in [0.25, 0.3) is 0 Å². The summed E-state index contributed by atoms with van der Waals surface area (Å²) in [7, 11) is 0. The van der Waals surface area contributed by atoms with Crippen molar-refractivity contribution in [2.45, 2.75) is 6.92 Å². The minimum atomic E-state index is 0.0892. The van der Waals surface area contributed by atoms with Crippen molar-refractivity contribution in [3.63, 3.8) is 0 Å². The SMILES string of the molecule is Cc1c(O)n(-c2ccc(Oc3ccccc3)cc2)c(=S)n1-c1ccc(Oc2ccccc2)cc1. The zero-order valence-corrected chi connectivity index (χ0v) is 19.3. The molecule has 6 heteroatoms. The molecule has 0 unspecified atom stereocenters. The molecule has 168 valence electrons. The first-order valence-electron chi connectivity index (χ1n) is 10.8. The molecule has 0 saturated heterocycles. The van der Waals surface area contributed by atoms with E-state index < -0.39 is 0 Å². The molecule has 1 heterocycles. The van der Waals surface area contributed by atoms with E-state index in [4.69, 9.17) is 21.7 Å². The standard InChI is InChI=1S/C28H22N2O3S/c1-20-27(31)30(22-14-18-26(19-15-22)33-24-10-6-3-7-11-24)28(34)29(20)21-12-16-25(17-13-21)32-23-8-4-2-5-9-23/h2-19,31H,1H3. The Labute approximate surface area is 202 Å². The van der Waals surface area contributed by atoms with E-state index in [1.165, 1.54) is 0 Å². The Balaban J connectivity index is 1.42. The molecule has 0 radical (unpaired) electrons. The second-order valence-corrected chi connectivity index (χ2v) is 8.05. The zero-order valence-electron chi connectivity index (χ0n) is 18.5. The van der Waals surface area contributed by atoms with Gasteiger partial charge in [0, 0.05) is 5.69 Å². The van der Waals surface area contributed by atoms with Crippen LogP contribution in [0.3, 0.4) is 0 Å². The number of rotatable bonds is 6. The molecule has 0 bridgehead atoms. The van der Waals surface area contributed by atoms with Gasteiger partial charge in [-0.05, 0) is 91.9 Å². The second-order valence-electron chi connectivity index (χ2n) is 7.68. The number of imidazole rings is 1.